The second-order valence-electron chi connectivity index (χ2n) is 2.54. The molecule has 0 bridgehead atoms. The van der Waals surface area contributed by atoms with Gasteiger partial charge in [0.2, 0.25) is 0 Å². The van der Waals surface area contributed by atoms with Crippen LogP contribution in [0.5, 0.6) is 5.75 Å². The van der Waals surface area contributed by atoms with Gasteiger partial charge < -0.3 is 14.6 Å². The van der Waals surface area contributed by atoms with Crippen LogP contribution in [-0.2, 0) is 4.79 Å². The van der Waals surface area contributed by atoms with Crippen LogP contribution >= 0.6 is 0 Å². The maximum Gasteiger partial charge on any atom is 0.134 e. The first kappa shape index (κ1) is 10.2. The Morgan fingerprint density at radius 1 is 1.57 bits per heavy atom. The van der Waals surface area contributed by atoms with Crippen molar-refractivity contribution in [2.75, 3.05) is 7.11 Å². The van der Waals surface area contributed by atoms with E-state index < -0.39 is 11.8 Å². The molecule has 0 aliphatic carbocycles. The molecule has 14 heavy (non-hydrogen) atoms. The van der Waals surface area contributed by atoms with Gasteiger partial charge >= 0.3 is 0 Å². The molecular formula is C10H8FO3-. The molecule has 0 saturated carbocycles. The highest BCUT2D eigenvalue weighted by molar-refractivity contribution is 5.83. The van der Waals surface area contributed by atoms with Crippen molar-refractivity contribution in [3.8, 4) is 5.75 Å². The molecule has 0 heterocycles. The summed E-state index contributed by atoms with van der Waals surface area (Å²) < 4.78 is 17.9. The number of methoxy groups -OCH3 is 1. The minimum atomic E-state index is -1.36. The van der Waals surface area contributed by atoms with Gasteiger partial charge in [-0.05, 0) is 18.2 Å². The molecular weight excluding hydrogens is 187 g/mol. The Labute approximate surface area is 80.4 Å². The molecule has 4 heteroatoms. The minimum Gasteiger partial charge on any atom is -0.545 e. The lowest BCUT2D eigenvalue weighted by Gasteiger charge is -2.01. The van der Waals surface area contributed by atoms with E-state index in [1.807, 2.05) is 0 Å². The Morgan fingerprint density at radius 2 is 2.29 bits per heavy atom. The largest absolute Gasteiger partial charge is 0.545 e. The fraction of sp³-hybridized carbons (Fsp3) is 0.100. The first-order valence-corrected chi connectivity index (χ1v) is 3.86. The number of carbonyl (C=O) groups is 1. The molecule has 74 valence electrons. The fourth-order valence-corrected chi connectivity index (χ4v) is 0.928. The number of carbonyl (C=O) groups excluding carboxylic acids is 1. The molecule has 0 atom stereocenters. The first-order chi connectivity index (χ1) is 6.63. The highest BCUT2D eigenvalue weighted by Crippen LogP contribution is 2.16. The van der Waals surface area contributed by atoms with E-state index in [9.17, 15) is 14.3 Å². The van der Waals surface area contributed by atoms with Crippen molar-refractivity contribution in [1.82, 2.24) is 0 Å². The number of aliphatic carboxylic acids is 1. The van der Waals surface area contributed by atoms with Gasteiger partial charge in [-0.1, -0.05) is 6.08 Å². The number of halogens is 1. The number of hydrogen-bond donors (Lipinski definition) is 0. The molecule has 0 radical (unpaired) electrons. The fourth-order valence-electron chi connectivity index (χ4n) is 0.928. The predicted molar refractivity (Wildman–Crippen MR) is 47.0 cm³/mol. The zero-order valence-electron chi connectivity index (χ0n) is 7.49. The van der Waals surface area contributed by atoms with E-state index in [2.05, 4.69) is 0 Å². The van der Waals surface area contributed by atoms with Crippen LogP contribution in [0.1, 0.15) is 5.56 Å². The van der Waals surface area contributed by atoms with E-state index >= 15 is 0 Å². The Morgan fingerprint density at radius 3 is 2.79 bits per heavy atom. The van der Waals surface area contributed by atoms with Crippen LogP contribution in [0.4, 0.5) is 4.39 Å². The van der Waals surface area contributed by atoms with Crippen LogP contribution in [-0.4, -0.2) is 13.1 Å². The Bertz CT molecular complexity index is 372. The summed E-state index contributed by atoms with van der Waals surface area (Å²) in [5.74, 6) is -1.52. The maximum absolute atomic E-state index is 13.1. The highest BCUT2D eigenvalue weighted by atomic mass is 19.1. The first-order valence-electron chi connectivity index (χ1n) is 3.86. The van der Waals surface area contributed by atoms with E-state index in [1.165, 1.54) is 25.3 Å². The quantitative estimate of drug-likeness (QED) is 0.663. The van der Waals surface area contributed by atoms with Crippen LogP contribution < -0.4 is 9.84 Å². The van der Waals surface area contributed by atoms with Gasteiger partial charge in [-0.2, -0.15) is 0 Å². The molecule has 1 aromatic carbocycles. The molecule has 0 aliphatic heterocycles. The SMILES string of the molecule is COc1ccc(/C=C/C(=O)[O-])c(F)c1. The van der Waals surface area contributed by atoms with Crippen molar-refractivity contribution >= 4 is 12.0 Å². The van der Waals surface area contributed by atoms with Gasteiger partial charge in [-0.15, -0.1) is 0 Å². The van der Waals surface area contributed by atoms with Crippen molar-refractivity contribution in [3.05, 3.63) is 35.7 Å². The molecule has 0 fully saturated rings. The van der Waals surface area contributed by atoms with Gasteiger partial charge in [0, 0.05) is 11.6 Å². The van der Waals surface area contributed by atoms with Crippen LogP contribution in [0.15, 0.2) is 24.3 Å². The van der Waals surface area contributed by atoms with Crippen molar-refractivity contribution in [2.45, 2.75) is 0 Å². The van der Waals surface area contributed by atoms with Gasteiger partial charge in [-0.3, -0.25) is 0 Å². The van der Waals surface area contributed by atoms with E-state index in [0.29, 0.717) is 5.75 Å². The molecule has 0 aromatic heterocycles. The molecule has 0 N–H and O–H groups in total. The van der Waals surface area contributed by atoms with E-state index in [0.717, 1.165) is 12.2 Å². The normalized spacial score (nSPS) is 10.4. The average Bonchev–Trinajstić information content (AvgIpc) is 2.15. The van der Waals surface area contributed by atoms with Gasteiger partial charge in [-0.25, -0.2) is 4.39 Å². The number of carboxylic acid groups (broad SMARTS) is 1. The number of ether oxygens (including phenoxy) is 1. The lowest BCUT2D eigenvalue weighted by molar-refractivity contribution is -0.297. The van der Waals surface area contributed by atoms with E-state index in [4.69, 9.17) is 4.74 Å². The highest BCUT2D eigenvalue weighted by Gasteiger charge is 1.99. The summed E-state index contributed by atoms with van der Waals surface area (Å²) in [5.41, 5.74) is 0.176. The summed E-state index contributed by atoms with van der Waals surface area (Å²) in [6.07, 6.45) is 1.90. The standard InChI is InChI=1S/C10H9FO3/c1-14-8-4-2-7(9(11)6-8)3-5-10(12)13/h2-6H,1H3,(H,12,13)/p-1/b5-3+. The van der Waals surface area contributed by atoms with Crippen LogP contribution in [0.2, 0.25) is 0 Å². The zero-order chi connectivity index (χ0) is 10.6. The number of benzene rings is 1. The summed E-state index contributed by atoms with van der Waals surface area (Å²) in [5, 5.41) is 10.1. The molecule has 0 saturated heterocycles. The van der Waals surface area contributed by atoms with E-state index in [-0.39, 0.29) is 5.56 Å². The maximum atomic E-state index is 13.1. The van der Waals surface area contributed by atoms with Gasteiger partial charge in [0.05, 0.1) is 13.1 Å². The Balaban J connectivity index is 2.94. The molecule has 0 unspecified atom stereocenters. The molecule has 0 aliphatic rings. The predicted octanol–water partition coefficient (Wildman–Crippen LogP) is 0.597. The monoisotopic (exact) mass is 195 g/mol. The summed E-state index contributed by atoms with van der Waals surface area (Å²) in [6.45, 7) is 0. The van der Waals surface area contributed by atoms with Crippen molar-refractivity contribution < 1.29 is 19.0 Å². The second-order valence-corrected chi connectivity index (χ2v) is 2.54. The summed E-state index contributed by atoms with van der Waals surface area (Å²) in [6, 6.07) is 4.14. The average molecular weight is 195 g/mol. The van der Waals surface area contributed by atoms with Gasteiger partial charge in [0.1, 0.15) is 11.6 Å². The third-order valence-electron chi connectivity index (χ3n) is 1.61. The van der Waals surface area contributed by atoms with Crippen molar-refractivity contribution in [3.63, 3.8) is 0 Å². The molecule has 0 amide bonds. The van der Waals surface area contributed by atoms with Crippen LogP contribution in [0, 0.1) is 5.82 Å². The third-order valence-corrected chi connectivity index (χ3v) is 1.61. The van der Waals surface area contributed by atoms with Gasteiger partial charge in [0.15, 0.2) is 0 Å². The second kappa shape index (κ2) is 4.41. The molecule has 1 aromatic rings. The zero-order valence-corrected chi connectivity index (χ0v) is 7.49. The summed E-state index contributed by atoms with van der Waals surface area (Å²) in [7, 11) is 1.42. The van der Waals surface area contributed by atoms with Crippen LogP contribution in [0.3, 0.4) is 0 Å². The topological polar surface area (TPSA) is 49.4 Å². The van der Waals surface area contributed by atoms with Crippen LogP contribution in [0.25, 0.3) is 6.08 Å². The summed E-state index contributed by atoms with van der Waals surface area (Å²) >= 11 is 0. The smallest absolute Gasteiger partial charge is 0.134 e. The number of rotatable bonds is 3. The van der Waals surface area contributed by atoms with Gasteiger partial charge in [0.25, 0.3) is 0 Å². The van der Waals surface area contributed by atoms with Crippen molar-refractivity contribution in [1.29, 1.82) is 0 Å². The molecule has 3 nitrogen and oxygen atoms in total. The minimum absolute atomic E-state index is 0.176. The lowest BCUT2D eigenvalue weighted by atomic mass is 10.2. The number of hydrogen-bond acceptors (Lipinski definition) is 3. The molecule has 1 rings (SSSR count). The Kier molecular flexibility index (Phi) is 3.23. The van der Waals surface area contributed by atoms with E-state index in [1.54, 1.807) is 0 Å². The van der Waals surface area contributed by atoms with Crippen molar-refractivity contribution in [2.24, 2.45) is 0 Å². The lowest BCUT2D eigenvalue weighted by Crippen LogP contribution is -2.18. The Hall–Kier alpha value is -1.84. The summed E-state index contributed by atoms with van der Waals surface area (Å²) in [4.78, 5) is 10.1. The molecule has 0 spiro atoms. The number of carboxylic acids is 1. The third kappa shape index (κ3) is 2.58.